The van der Waals surface area contributed by atoms with Gasteiger partial charge in [0, 0.05) is 36.9 Å². The van der Waals surface area contributed by atoms with E-state index in [0.717, 1.165) is 26.1 Å². The fourth-order valence-electron chi connectivity index (χ4n) is 6.98. The molecule has 3 heterocycles. The van der Waals surface area contributed by atoms with E-state index in [9.17, 15) is 32.7 Å². The molecule has 4 aromatic rings. The van der Waals surface area contributed by atoms with Crippen molar-refractivity contribution >= 4 is 33.6 Å². The second-order valence-corrected chi connectivity index (χ2v) is 12.6. The number of alkyl halides is 3. The average Bonchev–Trinajstić information content (AvgIpc) is 3.57. The van der Waals surface area contributed by atoms with Crippen LogP contribution in [-0.2, 0) is 34.0 Å². The summed E-state index contributed by atoms with van der Waals surface area (Å²) in [7, 11) is 1.44. The Bertz CT molecular complexity index is 1870. The predicted molar refractivity (Wildman–Crippen MR) is 169 cm³/mol. The molecule has 0 aliphatic carbocycles. The summed E-state index contributed by atoms with van der Waals surface area (Å²) >= 11 is 0. The Kier molecular flexibility index (Phi) is 8.41. The molecule has 0 radical (unpaired) electrons. The van der Waals surface area contributed by atoms with Crippen LogP contribution in [0.15, 0.2) is 65.5 Å². The summed E-state index contributed by atoms with van der Waals surface area (Å²) in [6.45, 7) is 4.71. The van der Waals surface area contributed by atoms with Crippen molar-refractivity contribution in [1.82, 2.24) is 14.8 Å². The van der Waals surface area contributed by atoms with Crippen molar-refractivity contribution < 1.29 is 32.6 Å². The van der Waals surface area contributed by atoms with Crippen LogP contribution in [0.3, 0.4) is 0 Å². The summed E-state index contributed by atoms with van der Waals surface area (Å²) in [5.74, 6) is -1.55. The number of halogens is 3. The number of carboxylic acids is 1. The summed E-state index contributed by atoms with van der Waals surface area (Å²) in [6.07, 6.45) is -2.78. The minimum absolute atomic E-state index is 0.0919. The monoisotopic (exact) mass is 635 g/mol. The van der Waals surface area contributed by atoms with Gasteiger partial charge in [0.15, 0.2) is 0 Å². The second kappa shape index (κ2) is 12.2. The average molecular weight is 636 g/mol. The Morgan fingerprint density at radius 1 is 1.02 bits per heavy atom. The van der Waals surface area contributed by atoms with Crippen molar-refractivity contribution in [2.75, 3.05) is 26.3 Å². The fourth-order valence-corrected chi connectivity index (χ4v) is 6.98. The van der Waals surface area contributed by atoms with Crippen molar-refractivity contribution in [2.24, 2.45) is 12.5 Å². The van der Waals surface area contributed by atoms with Crippen LogP contribution in [0.5, 0.6) is 0 Å². The van der Waals surface area contributed by atoms with E-state index in [4.69, 9.17) is 4.74 Å². The highest BCUT2D eigenvalue weighted by Crippen LogP contribution is 2.42. The lowest BCUT2D eigenvalue weighted by atomic mass is 9.78. The molecule has 0 saturated carbocycles. The zero-order valence-electron chi connectivity index (χ0n) is 25.7. The number of nitrogens with one attached hydrogen (secondary N) is 1. The van der Waals surface area contributed by atoms with Gasteiger partial charge in [-0.15, -0.1) is 0 Å². The van der Waals surface area contributed by atoms with Crippen LogP contribution in [0.4, 0.5) is 13.2 Å². The lowest BCUT2D eigenvalue weighted by molar-refractivity contribution is -0.144. The van der Waals surface area contributed by atoms with Crippen molar-refractivity contribution in [2.45, 2.75) is 50.9 Å². The number of ether oxygens (including phenoxy) is 1. The Morgan fingerprint density at radius 3 is 2.37 bits per heavy atom. The molecule has 0 unspecified atom stereocenters. The van der Waals surface area contributed by atoms with E-state index < -0.39 is 40.3 Å². The number of carbonyl (C=O) groups excluding carboxylic acids is 1. The van der Waals surface area contributed by atoms with Gasteiger partial charge in [0.05, 0.1) is 23.3 Å². The Labute approximate surface area is 263 Å². The zero-order chi connectivity index (χ0) is 32.8. The van der Waals surface area contributed by atoms with Gasteiger partial charge in [-0.25, -0.2) is 4.79 Å². The number of hydrogen-bond acceptors (Lipinski definition) is 5. The van der Waals surface area contributed by atoms with Crippen LogP contribution in [0.2, 0.25) is 0 Å². The predicted octanol–water partition coefficient (Wildman–Crippen LogP) is 5.38. The number of aromatic nitrogens is 1. The Morgan fingerprint density at radius 2 is 1.70 bits per heavy atom. The number of benzene rings is 3. The minimum atomic E-state index is -4.82. The molecular formula is C35H36F3N3O5. The number of fused-ring (bicyclic) bond motifs is 2. The molecule has 242 valence electrons. The first kappa shape index (κ1) is 31.7. The van der Waals surface area contributed by atoms with E-state index in [1.165, 1.54) is 35.9 Å². The van der Waals surface area contributed by atoms with E-state index in [2.05, 4.69) is 10.2 Å². The standard InChI is InChI=1S/C35H36F3N3O5/c1-34(14-16-41(17-15-34)22-13-18-46-20-22)33(45)39-27(32(43)44)19-21-7-5-10-24-23(21)9-6-11-25(24)29-30(35(36,37)38)26-8-3-4-12-28(26)40(2)31(29)42/h3-12,22,27H,13-20H2,1-2H3,(H,39,45)(H,43,44)/t22-,27+/m1/s1. The number of aryl methyl sites for hydroxylation is 1. The molecule has 11 heteroatoms. The quantitative estimate of drug-likeness (QED) is 0.283. The van der Waals surface area contributed by atoms with Crippen molar-refractivity contribution in [3.05, 3.63) is 82.1 Å². The van der Waals surface area contributed by atoms with Gasteiger partial charge < -0.3 is 19.7 Å². The number of aliphatic carboxylic acids is 1. The molecule has 0 spiro atoms. The van der Waals surface area contributed by atoms with Crippen LogP contribution in [0.1, 0.15) is 37.3 Å². The Balaban J connectivity index is 1.33. The Hall–Kier alpha value is -4.22. The summed E-state index contributed by atoms with van der Waals surface area (Å²) < 4.78 is 50.7. The smallest absolute Gasteiger partial charge is 0.417 e. The molecule has 2 fully saturated rings. The number of pyridine rings is 1. The van der Waals surface area contributed by atoms with Crippen LogP contribution in [-0.4, -0.2) is 64.8 Å². The van der Waals surface area contributed by atoms with Gasteiger partial charge in [-0.3, -0.25) is 14.5 Å². The number of carbonyl (C=O) groups is 2. The first-order chi connectivity index (χ1) is 21.9. The molecular weight excluding hydrogens is 599 g/mol. The normalized spacial score (nSPS) is 19.4. The number of rotatable bonds is 7. The zero-order valence-corrected chi connectivity index (χ0v) is 25.7. The number of hydrogen-bond donors (Lipinski definition) is 2. The molecule has 2 N–H and O–H groups in total. The number of para-hydroxylation sites is 1. The highest BCUT2D eigenvalue weighted by molar-refractivity contribution is 6.02. The molecule has 2 saturated heterocycles. The topological polar surface area (TPSA) is 101 Å². The molecule has 1 aromatic heterocycles. The number of amides is 1. The first-order valence-electron chi connectivity index (χ1n) is 15.4. The lowest BCUT2D eigenvalue weighted by Gasteiger charge is -2.40. The third-order valence-electron chi connectivity index (χ3n) is 9.77. The van der Waals surface area contributed by atoms with Gasteiger partial charge in [0.2, 0.25) is 5.91 Å². The van der Waals surface area contributed by atoms with Crippen LogP contribution in [0, 0.1) is 5.41 Å². The second-order valence-electron chi connectivity index (χ2n) is 12.6. The molecule has 1 amide bonds. The third kappa shape index (κ3) is 5.78. The van der Waals surface area contributed by atoms with Crippen LogP contribution >= 0.6 is 0 Å². The van der Waals surface area contributed by atoms with E-state index in [0.29, 0.717) is 41.8 Å². The van der Waals surface area contributed by atoms with E-state index in [-0.39, 0.29) is 28.8 Å². The van der Waals surface area contributed by atoms with Crippen LogP contribution < -0.4 is 10.9 Å². The van der Waals surface area contributed by atoms with Gasteiger partial charge in [0.1, 0.15) is 6.04 Å². The van der Waals surface area contributed by atoms with E-state index in [1.807, 2.05) is 6.92 Å². The van der Waals surface area contributed by atoms with Gasteiger partial charge >= 0.3 is 12.1 Å². The first-order valence-corrected chi connectivity index (χ1v) is 15.4. The minimum Gasteiger partial charge on any atom is -0.480 e. The SMILES string of the molecule is Cn1c(=O)c(-c2cccc3c(C[C@H](NC(=O)C4(C)CCN([C@@H]5CCOC5)CC4)C(=O)O)cccc23)c(C(F)(F)F)c2ccccc21. The lowest BCUT2D eigenvalue weighted by Crippen LogP contribution is -2.53. The molecule has 6 rings (SSSR count). The maximum atomic E-state index is 14.7. The van der Waals surface area contributed by atoms with E-state index in [1.54, 1.807) is 36.4 Å². The van der Waals surface area contributed by atoms with Gasteiger partial charge in [-0.05, 0) is 60.3 Å². The number of carboxylic acid groups (broad SMARTS) is 1. The summed E-state index contributed by atoms with van der Waals surface area (Å²) in [5.41, 5.74) is -2.22. The molecule has 3 aromatic carbocycles. The van der Waals surface area contributed by atoms with E-state index >= 15 is 0 Å². The highest BCUT2D eigenvalue weighted by Gasteiger charge is 2.41. The van der Waals surface area contributed by atoms with Crippen molar-refractivity contribution in [3.63, 3.8) is 0 Å². The molecule has 2 aliphatic rings. The maximum Gasteiger partial charge on any atom is 0.417 e. The van der Waals surface area contributed by atoms with Gasteiger partial charge in [-0.2, -0.15) is 13.2 Å². The molecule has 0 bridgehead atoms. The van der Waals surface area contributed by atoms with Gasteiger partial charge in [0.25, 0.3) is 5.56 Å². The molecule has 2 atom stereocenters. The van der Waals surface area contributed by atoms with Crippen LogP contribution in [0.25, 0.3) is 32.8 Å². The van der Waals surface area contributed by atoms with Crippen molar-refractivity contribution in [3.8, 4) is 11.1 Å². The highest BCUT2D eigenvalue weighted by atomic mass is 19.4. The van der Waals surface area contributed by atoms with Gasteiger partial charge in [-0.1, -0.05) is 61.5 Å². The molecule has 8 nitrogen and oxygen atoms in total. The fraction of sp³-hybridized carbons (Fsp3) is 0.400. The largest absolute Gasteiger partial charge is 0.480 e. The summed E-state index contributed by atoms with van der Waals surface area (Å²) in [4.78, 5) is 41.8. The maximum absolute atomic E-state index is 14.7. The number of likely N-dealkylation sites (tertiary alicyclic amines) is 1. The molecule has 2 aliphatic heterocycles. The van der Waals surface area contributed by atoms with Crippen molar-refractivity contribution in [1.29, 1.82) is 0 Å². The number of piperidine rings is 1. The summed E-state index contributed by atoms with van der Waals surface area (Å²) in [5, 5.41) is 13.7. The third-order valence-corrected chi connectivity index (χ3v) is 9.77. The number of nitrogens with zero attached hydrogens (tertiary/aromatic N) is 2. The molecule has 46 heavy (non-hydrogen) atoms. The summed E-state index contributed by atoms with van der Waals surface area (Å²) in [6, 6.07) is 14.7.